The number of likely N-dealkylation sites (tertiary alicyclic amines) is 1. The molecule has 0 radical (unpaired) electrons. The zero-order valence-corrected chi connectivity index (χ0v) is 12.0. The fourth-order valence-corrected chi connectivity index (χ4v) is 2.64. The van der Waals surface area contributed by atoms with Gasteiger partial charge in [-0.3, -0.25) is 4.79 Å². The molecular weight excluding hydrogens is 256 g/mol. The average molecular weight is 278 g/mol. The summed E-state index contributed by atoms with van der Waals surface area (Å²) < 4.78 is 10.7. The maximum Gasteiger partial charge on any atom is 0.254 e. The van der Waals surface area contributed by atoms with Crippen molar-refractivity contribution < 1.29 is 14.3 Å². The molecule has 0 saturated carbocycles. The minimum absolute atomic E-state index is 0.0238. The van der Waals surface area contributed by atoms with Gasteiger partial charge in [0, 0.05) is 32.9 Å². The Kier molecular flexibility index (Phi) is 5.11. The summed E-state index contributed by atoms with van der Waals surface area (Å²) in [5.74, 6) is 0.0238. The van der Waals surface area contributed by atoms with Crippen molar-refractivity contribution in [3.05, 3.63) is 35.4 Å². The lowest BCUT2D eigenvalue weighted by molar-refractivity contribution is -0.00461. The zero-order valence-electron chi connectivity index (χ0n) is 12.0. The molecule has 1 fully saturated rings. The predicted molar refractivity (Wildman–Crippen MR) is 76.7 cm³/mol. The maximum atomic E-state index is 12.6. The van der Waals surface area contributed by atoms with E-state index in [9.17, 15) is 4.79 Å². The van der Waals surface area contributed by atoms with Gasteiger partial charge in [0.2, 0.25) is 0 Å². The van der Waals surface area contributed by atoms with E-state index in [1.807, 2.05) is 24.3 Å². The van der Waals surface area contributed by atoms with Crippen LogP contribution in [0.4, 0.5) is 0 Å². The monoisotopic (exact) mass is 278 g/mol. The number of nitrogens with two attached hydrogens (primary N) is 1. The lowest BCUT2D eigenvalue weighted by Gasteiger charge is -2.18. The van der Waals surface area contributed by atoms with Crippen LogP contribution in [-0.4, -0.2) is 56.9 Å². The van der Waals surface area contributed by atoms with Crippen LogP contribution in [-0.2, 0) is 15.9 Å². The summed E-state index contributed by atoms with van der Waals surface area (Å²) >= 11 is 0. The molecule has 2 N–H and O–H groups in total. The van der Waals surface area contributed by atoms with E-state index in [1.165, 1.54) is 0 Å². The molecule has 2 unspecified atom stereocenters. The molecule has 110 valence electrons. The van der Waals surface area contributed by atoms with Gasteiger partial charge < -0.3 is 20.1 Å². The molecule has 2 rings (SSSR count). The van der Waals surface area contributed by atoms with E-state index >= 15 is 0 Å². The number of carbonyl (C=O) groups excluding carboxylic acids is 1. The Bertz CT molecular complexity index is 452. The smallest absolute Gasteiger partial charge is 0.254 e. The first-order valence-corrected chi connectivity index (χ1v) is 6.84. The molecule has 1 aliphatic heterocycles. The summed E-state index contributed by atoms with van der Waals surface area (Å²) in [4.78, 5) is 14.4. The third-order valence-electron chi connectivity index (χ3n) is 3.77. The molecule has 1 saturated heterocycles. The van der Waals surface area contributed by atoms with Gasteiger partial charge in [-0.15, -0.1) is 0 Å². The Balaban J connectivity index is 2.16. The Morgan fingerprint density at radius 2 is 1.85 bits per heavy atom. The second-order valence-electron chi connectivity index (χ2n) is 4.95. The highest BCUT2D eigenvalue weighted by Crippen LogP contribution is 2.20. The SMILES string of the molecule is COC1CN(C(=O)c2ccccc2CCN)CC1OC. The van der Waals surface area contributed by atoms with Crippen molar-refractivity contribution in [2.24, 2.45) is 5.73 Å². The van der Waals surface area contributed by atoms with Gasteiger partial charge >= 0.3 is 0 Å². The molecule has 1 aromatic carbocycles. The lowest BCUT2D eigenvalue weighted by atomic mass is 10.0. The highest BCUT2D eigenvalue weighted by molar-refractivity contribution is 5.96. The maximum absolute atomic E-state index is 12.6. The molecule has 5 nitrogen and oxygen atoms in total. The van der Waals surface area contributed by atoms with Crippen LogP contribution in [0.1, 0.15) is 15.9 Å². The van der Waals surface area contributed by atoms with E-state index in [1.54, 1.807) is 19.1 Å². The standard InChI is InChI=1S/C15H22N2O3/c1-19-13-9-17(10-14(13)20-2)15(18)12-6-4-3-5-11(12)7-8-16/h3-6,13-14H,7-10,16H2,1-2H3. The first-order valence-electron chi connectivity index (χ1n) is 6.84. The minimum Gasteiger partial charge on any atom is -0.377 e. The first kappa shape index (κ1) is 15.0. The average Bonchev–Trinajstić information content (AvgIpc) is 2.91. The predicted octanol–water partition coefficient (Wildman–Crippen LogP) is 0.674. The number of methoxy groups -OCH3 is 2. The van der Waals surface area contributed by atoms with Crippen LogP contribution < -0.4 is 5.73 Å². The number of rotatable bonds is 5. The quantitative estimate of drug-likeness (QED) is 0.860. The van der Waals surface area contributed by atoms with Gasteiger partial charge in [0.15, 0.2) is 0 Å². The van der Waals surface area contributed by atoms with Crippen LogP contribution in [0.15, 0.2) is 24.3 Å². The summed E-state index contributed by atoms with van der Waals surface area (Å²) in [6.07, 6.45) is 0.577. The first-order chi connectivity index (χ1) is 9.71. The molecular formula is C15H22N2O3. The van der Waals surface area contributed by atoms with Crippen molar-refractivity contribution in [2.75, 3.05) is 33.9 Å². The van der Waals surface area contributed by atoms with Crippen molar-refractivity contribution >= 4 is 5.91 Å². The Morgan fingerprint density at radius 1 is 1.25 bits per heavy atom. The number of benzene rings is 1. The van der Waals surface area contributed by atoms with E-state index in [0.717, 1.165) is 11.1 Å². The molecule has 1 aliphatic rings. The van der Waals surface area contributed by atoms with E-state index in [-0.39, 0.29) is 18.1 Å². The largest absolute Gasteiger partial charge is 0.377 e. The van der Waals surface area contributed by atoms with Gasteiger partial charge in [-0.25, -0.2) is 0 Å². The van der Waals surface area contributed by atoms with Crippen molar-refractivity contribution in [1.29, 1.82) is 0 Å². The summed E-state index contributed by atoms with van der Waals surface area (Å²) in [6, 6.07) is 7.62. The molecule has 0 spiro atoms. The lowest BCUT2D eigenvalue weighted by Crippen LogP contribution is -2.31. The van der Waals surface area contributed by atoms with Gasteiger partial charge in [0.1, 0.15) is 12.2 Å². The second kappa shape index (κ2) is 6.83. The summed E-state index contributed by atoms with van der Waals surface area (Å²) in [6.45, 7) is 1.65. The summed E-state index contributed by atoms with van der Waals surface area (Å²) in [5, 5.41) is 0. The topological polar surface area (TPSA) is 64.8 Å². The van der Waals surface area contributed by atoms with Gasteiger partial charge in [-0.2, -0.15) is 0 Å². The van der Waals surface area contributed by atoms with Crippen LogP contribution in [0.2, 0.25) is 0 Å². The van der Waals surface area contributed by atoms with E-state index in [2.05, 4.69) is 0 Å². The van der Waals surface area contributed by atoms with Crippen molar-refractivity contribution in [1.82, 2.24) is 4.90 Å². The molecule has 1 aromatic rings. The van der Waals surface area contributed by atoms with Crippen molar-refractivity contribution in [3.63, 3.8) is 0 Å². The second-order valence-corrected chi connectivity index (χ2v) is 4.95. The molecule has 0 aromatic heterocycles. The molecule has 0 aliphatic carbocycles. The molecule has 5 heteroatoms. The normalized spacial score (nSPS) is 22.2. The van der Waals surface area contributed by atoms with Crippen molar-refractivity contribution in [2.45, 2.75) is 18.6 Å². The van der Waals surface area contributed by atoms with Crippen LogP contribution in [0.3, 0.4) is 0 Å². The number of carbonyl (C=O) groups is 1. The Morgan fingerprint density at radius 3 is 2.40 bits per heavy atom. The molecule has 0 bridgehead atoms. The molecule has 1 amide bonds. The van der Waals surface area contributed by atoms with Crippen LogP contribution in [0.25, 0.3) is 0 Å². The van der Waals surface area contributed by atoms with E-state index < -0.39 is 0 Å². The van der Waals surface area contributed by atoms with Crippen LogP contribution >= 0.6 is 0 Å². The van der Waals surface area contributed by atoms with E-state index in [4.69, 9.17) is 15.2 Å². The van der Waals surface area contributed by atoms with Gasteiger partial charge in [0.25, 0.3) is 5.91 Å². The van der Waals surface area contributed by atoms with Crippen LogP contribution in [0, 0.1) is 0 Å². The van der Waals surface area contributed by atoms with Gasteiger partial charge in [-0.05, 0) is 24.6 Å². The minimum atomic E-state index is -0.0642. The van der Waals surface area contributed by atoms with Crippen molar-refractivity contribution in [3.8, 4) is 0 Å². The third-order valence-corrected chi connectivity index (χ3v) is 3.77. The number of ether oxygens (including phenoxy) is 2. The third kappa shape index (κ3) is 3.00. The van der Waals surface area contributed by atoms with Gasteiger partial charge in [0.05, 0.1) is 0 Å². The van der Waals surface area contributed by atoms with Gasteiger partial charge in [-0.1, -0.05) is 18.2 Å². The fourth-order valence-electron chi connectivity index (χ4n) is 2.64. The van der Waals surface area contributed by atoms with E-state index in [0.29, 0.717) is 26.1 Å². The Hall–Kier alpha value is -1.43. The number of hydrogen-bond donors (Lipinski definition) is 1. The highest BCUT2D eigenvalue weighted by Gasteiger charge is 2.36. The fraction of sp³-hybridized carbons (Fsp3) is 0.533. The van der Waals surface area contributed by atoms with Crippen LogP contribution in [0.5, 0.6) is 0 Å². The molecule has 2 atom stereocenters. The summed E-state index contributed by atoms with van der Waals surface area (Å²) in [5.41, 5.74) is 7.33. The summed E-state index contributed by atoms with van der Waals surface area (Å²) in [7, 11) is 3.29. The zero-order chi connectivity index (χ0) is 14.5. The number of amides is 1. The highest BCUT2D eigenvalue weighted by atomic mass is 16.5. The molecule has 20 heavy (non-hydrogen) atoms. The number of nitrogens with zero attached hydrogens (tertiary/aromatic N) is 1. The number of hydrogen-bond acceptors (Lipinski definition) is 4. The molecule has 1 heterocycles. The Labute approximate surface area is 119 Å².